The Labute approximate surface area is 184 Å². The summed E-state index contributed by atoms with van der Waals surface area (Å²) in [5.74, 6) is 0.539. The summed E-state index contributed by atoms with van der Waals surface area (Å²) >= 11 is 0. The van der Waals surface area contributed by atoms with Crippen molar-refractivity contribution < 1.29 is 0 Å². The first-order chi connectivity index (χ1) is 15.2. The third kappa shape index (κ3) is 2.95. The second kappa shape index (κ2) is 7.20. The third-order valence-electron chi connectivity index (χ3n) is 7.08. The molecule has 0 spiro atoms. The minimum Gasteiger partial charge on any atom is -0.252 e. The Morgan fingerprint density at radius 1 is 0.645 bits per heavy atom. The highest BCUT2D eigenvalue weighted by Crippen LogP contribution is 2.47. The quantitative estimate of drug-likeness (QED) is 0.341. The predicted molar refractivity (Wildman–Crippen MR) is 129 cm³/mol. The lowest BCUT2D eigenvalue weighted by Crippen LogP contribution is -2.15. The van der Waals surface area contributed by atoms with E-state index >= 15 is 0 Å². The molecule has 0 radical (unpaired) electrons. The molecule has 3 aromatic carbocycles. The molecule has 0 bridgehead atoms. The first-order valence-electron chi connectivity index (χ1n) is 11.5. The molecule has 0 amide bonds. The minimum absolute atomic E-state index is 0.539. The Hall–Kier alpha value is -3.19. The summed E-state index contributed by atoms with van der Waals surface area (Å²) < 4.78 is 0. The monoisotopic (exact) mass is 401 g/mol. The number of hydrogen-bond acceptors (Lipinski definition) is 1. The van der Waals surface area contributed by atoms with Crippen LogP contribution in [0.4, 0.5) is 0 Å². The highest BCUT2D eigenvalue weighted by molar-refractivity contribution is 5.92. The van der Waals surface area contributed by atoms with E-state index in [9.17, 15) is 0 Å². The van der Waals surface area contributed by atoms with Crippen molar-refractivity contribution in [2.75, 3.05) is 0 Å². The molecule has 0 unspecified atom stereocenters. The molecule has 6 rings (SSSR count). The molecule has 2 aliphatic carbocycles. The summed E-state index contributed by atoms with van der Waals surface area (Å²) in [6, 6.07) is 27.0. The number of hydrogen-bond donors (Lipinski definition) is 0. The molecule has 0 aliphatic heterocycles. The summed E-state index contributed by atoms with van der Waals surface area (Å²) in [4.78, 5) is 5.37. The van der Waals surface area contributed by atoms with Crippen LogP contribution < -0.4 is 0 Å². The molecule has 4 aromatic rings. The molecule has 1 nitrogen and oxygen atoms in total. The van der Waals surface area contributed by atoms with Gasteiger partial charge in [-0.1, -0.05) is 86.6 Å². The number of pyridine rings is 1. The summed E-state index contributed by atoms with van der Waals surface area (Å²) in [6.07, 6.45) is 4.30. The first-order valence-corrected chi connectivity index (χ1v) is 11.5. The van der Waals surface area contributed by atoms with E-state index in [1.54, 1.807) is 0 Å². The van der Waals surface area contributed by atoms with Crippen molar-refractivity contribution in [3.05, 3.63) is 101 Å². The van der Waals surface area contributed by atoms with E-state index < -0.39 is 0 Å². The average molecular weight is 402 g/mol. The molecule has 1 aromatic heterocycles. The molecule has 1 heterocycles. The van der Waals surface area contributed by atoms with E-state index in [-0.39, 0.29) is 0 Å². The fourth-order valence-electron chi connectivity index (χ4n) is 5.44. The molecule has 0 fully saturated rings. The Morgan fingerprint density at radius 3 is 1.94 bits per heavy atom. The maximum atomic E-state index is 5.37. The van der Waals surface area contributed by atoms with Crippen LogP contribution in [-0.4, -0.2) is 4.98 Å². The minimum atomic E-state index is 0.539. The second-order valence-electron chi connectivity index (χ2n) is 9.23. The van der Waals surface area contributed by atoms with Gasteiger partial charge in [-0.05, 0) is 65.0 Å². The SMILES string of the molecule is CC(C)c1ccc(-c2nc3c(c4c2-c2ccccc2CC4)-c2ccccc2CC3)cc1. The van der Waals surface area contributed by atoms with E-state index in [0.717, 1.165) is 31.4 Å². The summed E-state index contributed by atoms with van der Waals surface area (Å²) in [7, 11) is 0. The number of aryl methyl sites for hydroxylation is 3. The van der Waals surface area contributed by atoms with Crippen molar-refractivity contribution in [2.24, 2.45) is 0 Å². The van der Waals surface area contributed by atoms with Crippen LogP contribution >= 0.6 is 0 Å². The fraction of sp³-hybridized carbons (Fsp3) is 0.233. The zero-order chi connectivity index (χ0) is 20.9. The normalized spacial score (nSPS) is 13.9. The number of aromatic nitrogens is 1. The summed E-state index contributed by atoms with van der Waals surface area (Å²) in [5, 5.41) is 0. The molecule has 31 heavy (non-hydrogen) atoms. The Kier molecular flexibility index (Phi) is 4.31. The lowest BCUT2D eigenvalue weighted by Gasteiger charge is -2.30. The van der Waals surface area contributed by atoms with Gasteiger partial charge in [0.1, 0.15) is 0 Å². The van der Waals surface area contributed by atoms with Crippen LogP contribution in [0.2, 0.25) is 0 Å². The van der Waals surface area contributed by atoms with Gasteiger partial charge in [-0.25, -0.2) is 0 Å². The molecule has 152 valence electrons. The zero-order valence-electron chi connectivity index (χ0n) is 18.3. The number of rotatable bonds is 2. The Balaban J connectivity index is 1.65. The van der Waals surface area contributed by atoms with Gasteiger partial charge in [0.2, 0.25) is 0 Å². The van der Waals surface area contributed by atoms with Crippen LogP contribution in [0.5, 0.6) is 0 Å². The maximum Gasteiger partial charge on any atom is 0.0786 e. The van der Waals surface area contributed by atoms with Gasteiger partial charge in [0.15, 0.2) is 0 Å². The average Bonchev–Trinajstić information content (AvgIpc) is 2.83. The van der Waals surface area contributed by atoms with Crippen LogP contribution in [0.1, 0.15) is 47.7 Å². The van der Waals surface area contributed by atoms with E-state index in [4.69, 9.17) is 4.98 Å². The van der Waals surface area contributed by atoms with E-state index in [2.05, 4.69) is 86.6 Å². The van der Waals surface area contributed by atoms with E-state index in [1.165, 1.54) is 55.8 Å². The topological polar surface area (TPSA) is 12.9 Å². The van der Waals surface area contributed by atoms with Gasteiger partial charge < -0.3 is 0 Å². The van der Waals surface area contributed by atoms with Gasteiger partial charge >= 0.3 is 0 Å². The van der Waals surface area contributed by atoms with Gasteiger partial charge in [0, 0.05) is 22.4 Å². The molecule has 0 saturated heterocycles. The fourth-order valence-corrected chi connectivity index (χ4v) is 5.44. The third-order valence-corrected chi connectivity index (χ3v) is 7.08. The zero-order valence-corrected chi connectivity index (χ0v) is 18.3. The lowest BCUT2D eigenvalue weighted by atomic mass is 9.76. The van der Waals surface area contributed by atoms with Crippen LogP contribution in [0.15, 0.2) is 72.8 Å². The van der Waals surface area contributed by atoms with Gasteiger partial charge in [-0.2, -0.15) is 0 Å². The van der Waals surface area contributed by atoms with Gasteiger partial charge in [-0.3, -0.25) is 4.98 Å². The van der Waals surface area contributed by atoms with Crippen LogP contribution in [-0.2, 0) is 25.7 Å². The Morgan fingerprint density at radius 2 is 1.26 bits per heavy atom. The number of benzene rings is 3. The maximum absolute atomic E-state index is 5.37. The summed E-state index contributed by atoms with van der Waals surface area (Å²) in [6.45, 7) is 4.50. The van der Waals surface area contributed by atoms with Crippen molar-refractivity contribution in [1.29, 1.82) is 0 Å². The molecule has 1 heteroatoms. The van der Waals surface area contributed by atoms with Crippen LogP contribution in [0.25, 0.3) is 33.5 Å². The molecule has 0 N–H and O–H groups in total. The Bertz CT molecular complexity index is 1290. The number of fused-ring (bicyclic) bond motifs is 7. The first kappa shape index (κ1) is 18.6. The van der Waals surface area contributed by atoms with Gasteiger partial charge in [-0.15, -0.1) is 0 Å². The van der Waals surface area contributed by atoms with Crippen molar-refractivity contribution in [1.82, 2.24) is 4.98 Å². The molecular weight excluding hydrogens is 374 g/mol. The van der Waals surface area contributed by atoms with Crippen molar-refractivity contribution in [3.8, 4) is 33.5 Å². The molecule has 0 atom stereocenters. The highest BCUT2D eigenvalue weighted by Gasteiger charge is 2.29. The second-order valence-corrected chi connectivity index (χ2v) is 9.23. The largest absolute Gasteiger partial charge is 0.252 e. The molecular formula is C30H27N. The van der Waals surface area contributed by atoms with Crippen LogP contribution in [0.3, 0.4) is 0 Å². The van der Waals surface area contributed by atoms with Crippen molar-refractivity contribution >= 4 is 0 Å². The lowest BCUT2D eigenvalue weighted by molar-refractivity contribution is 0.865. The summed E-state index contributed by atoms with van der Waals surface area (Å²) in [5.41, 5.74) is 15.0. The smallest absolute Gasteiger partial charge is 0.0786 e. The van der Waals surface area contributed by atoms with E-state index in [0.29, 0.717) is 5.92 Å². The highest BCUT2D eigenvalue weighted by atomic mass is 14.7. The van der Waals surface area contributed by atoms with Crippen molar-refractivity contribution in [2.45, 2.75) is 45.4 Å². The number of nitrogens with zero attached hydrogens (tertiary/aromatic N) is 1. The van der Waals surface area contributed by atoms with Crippen molar-refractivity contribution in [3.63, 3.8) is 0 Å². The predicted octanol–water partition coefficient (Wildman–Crippen LogP) is 7.40. The van der Waals surface area contributed by atoms with Gasteiger partial charge in [0.25, 0.3) is 0 Å². The van der Waals surface area contributed by atoms with Crippen LogP contribution in [0, 0.1) is 0 Å². The van der Waals surface area contributed by atoms with Gasteiger partial charge in [0.05, 0.1) is 5.69 Å². The standard InChI is InChI=1S/C30H27N/c1-19(2)20-11-13-23(14-12-20)30-29-25-10-6-4-7-21(25)15-17-26(29)28-24-9-5-3-8-22(24)16-18-27(28)31-30/h3-14,19H,15-18H2,1-2H3. The molecule has 2 aliphatic rings. The van der Waals surface area contributed by atoms with E-state index in [1.807, 2.05) is 0 Å². The molecule has 0 saturated carbocycles.